The minimum absolute atomic E-state index is 0.226. The molecule has 132 valence electrons. The molecule has 0 N–H and O–H groups in total. The van der Waals surface area contributed by atoms with Crippen LogP contribution >= 0.6 is 22.6 Å². The lowest BCUT2D eigenvalue weighted by Gasteiger charge is -2.19. The molecule has 25 heavy (non-hydrogen) atoms. The smallest absolute Gasteiger partial charge is 0.310 e. The zero-order valence-electron chi connectivity index (χ0n) is 14.5. The van der Waals surface area contributed by atoms with Crippen molar-refractivity contribution >= 4 is 34.8 Å². The molecule has 0 aliphatic rings. The number of halogens is 1. The highest BCUT2D eigenvalue weighted by molar-refractivity contribution is 14.1. The van der Waals surface area contributed by atoms with E-state index >= 15 is 0 Å². The van der Waals surface area contributed by atoms with Crippen molar-refractivity contribution in [3.8, 4) is 5.75 Å². The summed E-state index contributed by atoms with van der Waals surface area (Å²) in [5, 5.41) is 0. The van der Waals surface area contributed by atoms with E-state index in [1.807, 2.05) is 57.2 Å². The van der Waals surface area contributed by atoms with Crippen LogP contribution in [0.3, 0.4) is 0 Å². The van der Waals surface area contributed by atoms with Crippen LogP contribution in [0.5, 0.6) is 5.75 Å². The molecule has 0 amide bonds. The second kappa shape index (κ2) is 8.47. The number of carbonyl (C=O) groups excluding carboxylic acids is 2. The lowest BCUT2D eigenvalue weighted by Crippen LogP contribution is -2.24. The quantitative estimate of drug-likeness (QED) is 0.366. The fraction of sp³-hybridized carbons (Fsp3) is 0.300. The van der Waals surface area contributed by atoms with Gasteiger partial charge in [0.15, 0.2) is 6.29 Å². The predicted molar refractivity (Wildman–Crippen MR) is 105 cm³/mol. The van der Waals surface area contributed by atoms with Crippen LogP contribution in [0, 0.1) is 3.57 Å². The molecule has 0 aliphatic heterocycles. The highest BCUT2D eigenvalue weighted by Crippen LogP contribution is 2.20. The van der Waals surface area contributed by atoms with Crippen molar-refractivity contribution in [3.05, 3.63) is 62.7 Å². The normalized spacial score (nSPS) is 11.0. The number of carbonyl (C=O) groups is 2. The average molecular weight is 452 g/mol. The van der Waals surface area contributed by atoms with Crippen LogP contribution in [0.4, 0.5) is 0 Å². The van der Waals surface area contributed by atoms with Gasteiger partial charge in [-0.3, -0.25) is 9.59 Å². The first-order chi connectivity index (χ1) is 11.8. The van der Waals surface area contributed by atoms with Crippen LogP contribution in [0.15, 0.2) is 42.5 Å². The molecule has 0 spiro atoms. The Hall–Kier alpha value is -1.89. The van der Waals surface area contributed by atoms with E-state index in [2.05, 4.69) is 22.6 Å². The molecule has 0 unspecified atom stereocenters. The van der Waals surface area contributed by atoms with Gasteiger partial charge in [0, 0.05) is 9.13 Å². The van der Waals surface area contributed by atoms with Crippen LogP contribution in [0.1, 0.15) is 42.3 Å². The van der Waals surface area contributed by atoms with E-state index in [0.29, 0.717) is 17.9 Å². The van der Waals surface area contributed by atoms with Gasteiger partial charge in [-0.1, -0.05) is 24.3 Å². The fourth-order valence-electron chi connectivity index (χ4n) is 2.24. The largest absolute Gasteiger partial charge is 0.489 e. The fourth-order valence-corrected chi connectivity index (χ4v) is 2.70. The first-order valence-electron chi connectivity index (χ1n) is 7.94. The third-order valence-electron chi connectivity index (χ3n) is 3.26. The van der Waals surface area contributed by atoms with Crippen LogP contribution in [0.25, 0.3) is 0 Å². The summed E-state index contributed by atoms with van der Waals surface area (Å²) < 4.78 is 12.0. The maximum Gasteiger partial charge on any atom is 0.310 e. The molecule has 5 heteroatoms. The Balaban J connectivity index is 1.99. The highest BCUT2D eigenvalue weighted by atomic mass is 127. The number of rotatable bonds is 6. The molecule has 0 fully saturated rings. The molecule has 2 aromatic carbocycles. The zero-order chi connectivity index (χ0) is 18.4. The lowest BCUT2D eigenvalue weighted by atomic mass is 10.1. The Kier molecular flexibility index (Phi) is 6.58. The van der Waals surface area contributed by atoms with Gasteiger partial charge in [0.2, 0.25) is 0 Å². The summed E-state index contributed by atoms with van der Waals surface area (Å²) in [5.41, 5.74) is 1.95. The summed E-state index contributed by atoms with van der Waals surface area (Å²) in [6, 6.07) is 13.0. The molecule has 0 saturated heterocycles. The molecule has 0 atom stereocenters. The standard InChI is InChI=1S/C20H21IO4/c1-20(2,3)25-19(23)10-14-5-4-6-15(9-14)13-24-17-7-8-18(21)16(11-17)12-22/h4-9,11-12H,10,13H2,1-3H3. The number of hydrogen-bond acceptors (Lipinski definition) is 4. The van der Waals surface area contributed by atoms with Gasteiger partial charge >= 0.3 is 5.97 Å². The molecule has 4 nitrogen and oxygen atoms in total. The Morgan fingerprint density at radius 2 is 1.84 bits per heavy atom. The molecule has 0 aromatic heterocycles. The van der Waals surface area contributed by atoms with E-state index in [-0.39, 0.29) is 12.4 Å². The zero-order valence-corrected chi connectivity index (χ0v) is 16.7. The maximum absolute atomic E-state index is 11.9. The van der Waals surface area contributed by atoms with E-state index in [4.69, 9.17) is 9.47 Å². The highest BCUT2D eigenvalue weighted by Gasteiger charge is 2.16. The van der Waals surface area contributed by atoms with E-state index in [9.17, 15) is 9.59 Å². The van der Waals surface area contributed by atoms with Crippen molar-refractivity contribution in [2.24, 2.45) is 0 Å². The molecule has 0 radical (unpaired) electrons. The van der Waals surface area contributed by atoms with Gasteiger partial charge in [0.05, 0.1) is 6.42 Å². The van der Waals surface area contributed by atoms with Crippen molar-refractivity contribution in [2.75, 3.05) is 0 Å². The summed E-state index contributed by atoms with van der Waals surface area (Å²) in [6.07, 6.45) is 1.04. The second-order valence-corrected chi connectivity index (χ2v) is 7.84. The van der Waals surface area contributed by atoms with Crippen LogP contribution < -0.4 is 4.74 Å². The summed E-state index contributed by atoms with van der Waals surface area (Å²) in [4.78, 5) is 22.9. The Morgan fingerprint density at radius 3 is 2.52 bits per heavy atom. The Morgan fingerprint density at radius 1 is 1.12 bits per heavy atom. The lowest BCUT2D eigenvalue weighted by molar-refractivity contribution is -0.153. The van der Waals surface area contributed by atoms with Gasteiger partial charge in [-0.2, -0.15) is 0 Å². The number of esters is 1. The van der Waals surface area contributed by atoms with E-state index in [1.54, 1.807) is 6.07 Å². The maximum atomic E-state index is 11.9. The van der Waals surface area contributed by atoms with Gasteiger partial charge in [-0.15, -0.1) is 0 Å². The minimum Gasteiger partial charge on any atom is -0.489 e. The number of aldehydes is 1. The van der Waals surface area contributed by atoms with Gasteiger partial charge in [0.1, 0.15) is 18.0 Å². The van der Waals surface area contributed by atoms with Gasteiger partial charge in [-0.25, -0.2) is 0 Å². The molecule has 2 aromatic rings. The summed E-state index contributed by atoms with van der Waals surface area (Å²) >= 11 is 2.11. The molecule has 0 heterocycles. The van der Waals surface area contributed by atoms with Crippen LogP contribution in [0.2, 0.25) is 0 Å². The Labute approximate surface area is 161 Å². The van der Waals surface area contributed by atoms with Crippen LogP contribution in [-0.2, 0) is 22.6 Å². The third-order valence-corrected chi connectivity index (χ3v) is 4.24. The summed E-state index contributed by atoms with van der Waals surface area (Å²) in [7, 11) is 0. The second-order valence-electron chi connectivity index (χ2n) is 6.67. The van der Waals surface area contributed by atoms with Crippen molar-refractivity contribution in [3.63, 3.8) is 0 Å². The SMILES string of the molecule is CC(C)(C)OC(=O)Cc1cccc(COc2ccc(I)c(C=O)c2)c1. The first-order valence-corrected chi connectivity index (χ1v) is 9.02. The van der Waals surface area contributed by atoms with E-state index in [0.717, 1.165) is 21.0 Å². The molecule has 0 saturated carbocycles. The number of ether oxygens (including phenoxy) is 2. The minimum atomic E-state index is -0.487. The van der Waals surface area contributed by atoms with Crippen molar-refractivity contribution in [1.29, 1.82) is 0 Å². The Bertz CT molecular complexity index is 763. The van der Waals surface area contributed by atoms with Gasteiger partial charge in [0.25, 0.3) is 0 Å². The molecule has 0 aliphatic carbocycles. The topological polar surface area (TPSA) is 52.6 Å². The molecule has 0 bridgehead atoms. The molecule has 2 rings (SSSR count). The van der Waals surface area contributed by atoms with E-state index < -0.39 is 5.60 Å². The third kappa shape index (κ3) is 6.49. The summed E-state index contributed by atoms with van der Waals surface area (Å²) in [6.45, 7) is 5.92. The van der Waals surface area contributed by atoms with Crippen molar-refractivity contribution < 1.29 is 19.1 Å². The first kappa shape index (κ1) is 19.4. The number of benzene rings is 2. The molecular formula is C20H21IO4. The summed E-state index contributed by atoms with van der Waals surface area (Å²) in [5.74, 6) is 0.388. The monoisotopic (exact) mass is 452 g/mol. The van der Waals surface area contributed by atoms with E-state index in [1.165, 1.54) is 0 Å². The predicted octanol–water partition coefficient (Wildman–Crippen LogP) is 4.57. The van der Waals surface area contributed by atoms with Crippen molar-refractivity contribution in [2.45, 2.75) is 39.4 Å². The average Bonchev–Trinajstić information content (AvgIpc) is 2.52. The van der Waals surface area contributed by atoms with Crippen LogP contribution in [-0.4, -0.2) is 17.9 Å². The van der Waals surface area contributed by atoms with Gasteiger partial charge in [-0.05, 0) is 72.7 Å². The molecular weight excluding hydrogens is 431 g/mol. The number of hydrogen-bond donors (Lipinski definition) is 0. The van der Waals surface area contributed by atoms with Gasteiger partial charge < -0.3 is 9.47 Å². The van der Waals surface area contributed by atoms with Crippen molar-refractivity contribution in [1.82, 2.24) is 0 Å².